The van der Waals surface area contributed by atoms with Gasteiger partial charge in [0.25, 0.3) is 0 Å². The minimum atomic E-state index is 0.180. The van der Waals surface area contributed by atoms with Crippen LogP contribution in [-0.4, -0.2) is 25.1 Å². The van der Waals surface area contributed by atoms with E-state index in [1.54, 1.807) is 12.1 Å². The van der Waals surface area contributed by atoms with E-state index in [2.05, 4.69) is 33.7 Å². The van der Waals surface area contributed by atoms with E-state index in [1.165, 1.54) is 13.3 Å². The summed E-state index contributed by atoms with van der Waals surface area (Å²) in [5.74, 6) is 3.53. The Morgan fingerprint density at radius 1 is 1.62 bits per heavy atom. The van der Waals surface area contributed by atoms with Crippen molar-refractivity contribution in [3.05, 3.63) is 21.3 Å². The van der Waals surface area contributed by atoms with Gasteiger partial charge in [-0.25, -0.2) is 0 Å². The van der Waals surface area contributed by atoms with Crippen molar-refractivity contribution in [3.8, 4) is 23.8 Å². The SMILES string of the molecule is C#CCOc1c(I)cc(/C=N/O)cc1OC. The molecular formula is C11H10INO3. The van der Waals surface area contributed by atoms with Crippen molar-refractivity contribution in [2.24, 2.45) is 5.16 Å². The first-order valence-corrected chi connectivity index (χ1v) is 5.42. The summed E-state index contributed by atoms with van der Waals surface area (Å²) in [6.07, 6.45) is 6.44. The first-order chi connectivity index (χ1) is 7.72. The van der Waals surface area contributed by atoms with Gasteiger partial charge in [-0.3, -0.25) is 0 Å². The molecule has 16 heavy (non-hydrogen) atoms. The Labute approximate surface area is 107 Å². The molecule has 1 aromatic rings. The Balaban J connectivity index is 3.13. The summed E-state index contributed by atoms with van der Waals surface area (Å²) in [5, 5.41) is 11.4. The van der Waals surface area contributed by atoms with Gasteiger partial charge < -0.3 is 14.7 Å². The Hall–Kier alpha value is -1.42. The van der Waals surface area contributed by atoms with Gasteiger partial charge in [0.05, 0.1) is 16.9 Å². The normalized spacial score (nSPS) is 10.1. The van der Waals surface area contributed by atoms with Crippen LogP contribution in [0.3, 0.4) is 0 Å². The Morgan fingerprint density at radius 2 is 2.38 bits per heavy atom. The van der Waals surface area contributed by atoms with Gasteiger partial charge in [-0.05, 0) is 34.7 Å². The number of nitrogens with zero attached hydrogens (tertiary/aromatic N) is 1. The van der Waals surface area contributed by atoms with Gasteiger partial charge in [0.2, 0.25) is 0 Å². The second-order valence-corrected chi connectivity index (χ2v) is 3.93. The van der Waals surface area contributed by atoms with Gasteiger partial charge >= 0.3 is 0 Å². The molecule has 84 valence electrons. The average molecular weight is 331 g/mol. The largest absolute Gasteiger partial charge is 0.493 e. The number of hydrogen-bond acceptors (Lipinski definition) is 4. The van der Waals surface area contributed by atoms with Crippen molar-refractivity contribution in [1.29, 1.82) is 0 Å². The highest BCUT2D eigenvalue weighted by molar-refractivity contribution is 14.1. The lowest BCUT2D eigenvalue weighted by Crippen LogP contribution is -2.00. The van der Waals surface area contributed by atoms with Crippen LogP contribution in [0.15, 0.2) is 17.3 Å². The van der Waals surface area contributed by atoms with Crippen molar-refractivity contribution in [2.75, 3.05) is 13.7 Å². The molecule has 0 spiro atoms. The highest BCUT2D eigenvalue weighted by Gasteiger charge is 2.10. The summed E-state index contributed by atoms with van der Waals surface area (Å²) in [4.78, 5) is 0. The predicted octanol–water partition coefficient (Wildman–Crippen LogP) is 2.12. The third kappa shape index (κ3) is 3.03. The summed E-state index contributed by atoms with van der Waals surface area (Å²) >= 11 is 2.10. The summed E-state index contributed by atoms with van der Waals surface area (Å²) in [7, 11) is 1.54. The van der Waals surface area contributed by atoms with Gasteiger partial charge in [0, 0.05) is 5.56 Å². The molecule has 1 N–H and O–H groups in total. The topological polar surface area (TPSA) is 51.0 Å². The Morgan fingerprint density at radius 3 is 2.94 bits per heavy atom. The molecule has 0 aliphatic rings. The molecule has 0 saturated heterocycles. The highest BCUT2D eigenvalue weighted by Crippen LogP contribution is 2.33. The lowest BCUT2D eigenvalue weighted by atomic mass is 10.2. The van der Waals surface area contributed by atoms with Crippen molar-refractivity contribution in [1.82, 2.24) is 0 Å². The molecule has 1 aromatic carbocycles. The number of hydrogen-bond donors (Lipinski definition) is 1. The minimum absolute atomic E-state index is 0.180. The lowest BCUT2D eigenvalue weighted by molar-refractivity contribution is 0.321. The van der Waals surface area contributed by atoms with Crippen molar-refractivity contribution in [2.45, 2.75) is 0 Å². The molecule has 5 heteroatoms. The zero-order valence-electron chi connectivity index (χ0n) is 8.61. The third-order valence-electron chi connectivity index (χ3n) is 1.76. The van der Waals surface area contributed by atoms with Crippen LogP contribution in [0.25, 0.3) is 0 Å². The summed E-state index contributed by atoms with van der Waals surface area (Å²) < 4.78 is 11.4. The first kappa shape index (κ1) is 12.6. The number of halogens is 1. The van der Waals surface area contributed by atoms with Gasteiger partial charge in [-0.1, -0.05) is 11.1 Å². The number of benzene rings is 1. The maximum atomic E-state index is 8.45. The van der Waals surface area contributed by atoms with Crippen LogP contribution in [0.5, 0.6) is 11.5 Å². The Bertz CT molecular complexity index is 438. The second kappa shape index (κ2) is 6.23. The smallest absolute Gasteiger partial charge is 0.175 e. The van der Waals surface area contributed by atoms with Crippen LogP contribution in [-0.2, 0) is 0 Å². The molecule has 0 bridgehead atoms. The van der Waals surface area contributed by atoms with Crippen LogP contribution in [0.4, 0.5) is 0 Å². The number of methoxy groups -OCH3 is 1. The zero-order valence-corrected chi connectivity index (χ0v) is 10.8. The molecule has 0 saturated carbocycles. The summed E-state index contributed by atoms with van der Waals surface area (Å²) in [6.45, 7) is 0.180. The van der Waals surface area contributed by atoms with Gasteiger partial charge in [-0.15, -0.1) is 6.42 Å². The zero-order chi connectivity index (χ0) is 12.0. The van der Waals surface area contributed by atoms with Gasteiger partial charge in [-0.2, -0.15) is 0 Å². The van der Waals surface area contributed by atoms with Crippen LogP contribution >= 0.6 is 22.6 Å². The van der Waals surface area contributed by atoms with E-state index in [0.29, 0.717) is 11.5 Å². The van der Waals surface area contributed by atoms with E-state index < -0.39 is 0 Å². The molecular weight excluding hydrogens is 321 g/mol. The Kier molecular flexibility index (Phi) is 4.92. The quantitative estimate of drug-likeness (QED) is 0.302. The van der Waals surface area contributed by atoms with Crippen molar-refractivity contribution >= 4 is 28.8 Å². The van der Waals surface area contributed by atoms with E-state index in [9.17, 15) is 0 Å². The van der Waals surface area contributed by atoms with E-state index in [4.69, 9.17) is 21.1 Å². The molecule has 0 aliphatic heterocycles. The number of rotatable bonds is 4. The molecule has 0 aliphatic carbocycles. The summed E-state index contributed by atoms with van der Waals surface area (Å²) in [6, 6.07) is 3.50. The van der Waals surface area contributed by atoms with E-state index >= 15 is 0 Å². The third-order valence-corrected chi connectivity index (χ3v) is 2.56. The number of ether oxygens (including phenoxy) is 2. The fourth-order valence-electron chi connectivity index (χ4n) is 1.13. The molecule has 0 atom stereocenters. The van der Waals surface area contributed by atoms with Crippen LogP contribution < -0.4 is 9.47 Å². The van der Waals surface area contributed by atoms with E-state index in [1.807, 2.05) is 0 Å². The van der Waals surface area contributed by atoms with Gasteiger partial charge in [0.1, 0.15) is 6.61 Å². The van der Waals surface area contributed by atoms with Crippen LogP contribution in [0.2, 0.25) is 0 Å². The second-order valence-electron chi connectivity index (χ2n) is 2.77. The fraction of sp³-hybridized carbons (Fsp3) is 0.182. The molecule has 0 fully saturated rings. The maximum absolute atomic E-state index is 8.45. The molecule has 0 unspecified atom stereocenters. The van der Waals surface area contributed by atoms with Crippen LogP contribution in [0, 0.1) is 15.9 Å². The molecule has 0 radical (unpaired) electrons. The van der Waals surface area contributed by atoms with Gasteiger partial charge in [0.15, 0.2) is 11.5 Å². The highest BCUT2D eigenvalue weighted by atomic mass is 127. The molecule has 0 heterocycles. The minimum Gasteiger partial charge on any atom is -0.493 e. The maximum Gasteiger partial charge on any atom is 0.175 e. The number of terminal acetylenes is 1. The standard InChI is InChI=1S/C11H10INO3/c1-3-4-16-11-9(12)5-8(7-13-14)6-10(11)15-2/h1,5-7,14H,4H2,2H3/b13-7+. The van der Waals surface area contributed by atoms with E-state index in [-0.39, 0.29) is 6.61 Å². The monoisotopic (exact) mass is 331 g/mol. The molecule has 4 nitrogen and oxygen atoms in total. The van der Waals surface area contributed by atoms with Crippen molar-refractivity contribution < 1.29 is 14.7 Å². The van der Waals surface area contributed by atoms with Crippen molar-refractivity contribution in [3.63, 3.8) is 0 Å². The summed E-state index contributed by atoms with van der Waals surface area (Å²) in [5.41, 5.74) is 0.719. The average Bonchev–Trinajstić information content (AvgIpc) is 2.27. The first-order valence-electron chi connectivity index (χ1n) is 4.34. The lowest BCUT2D eigenvalue weighted by Gasteiger charge is -2.11. The molecule has 0 aromatic heterocycles. The predicted molar refractivity (Wildman–Crippen MR) is 69.4 cm³/mol. The molecule has 1 rings (SSSR count). The number of oxime groups is 1. The van der Waals surface area contributed by atoms with Crippen LogP contribution in [0.1, 0.15) is 5.56 Å². The molecule has 0 amide bonds. The van der Waals surface area contributed by atoms with E-state index in [0.717, 1.165) is 9.13 Å². The fourth-order valence-corrected chi connectivity index (χ4v) is 1.92.